The van der Waals surface area contributed by atoms with Crippen molar-refractivity contribution in [2.75, 3.05) is 13.1 Å². The SMILES string of the molecule is CC1(c2nc3cc(Br)ccc3n2C2CC2)CCNC1. The van der Waals surface area contributed by atoms with Crippen molar-refractivity contribution in [3.63, 3.8) is 0 Å². The van der Waals surface area contributed by atoms with Crippen molar-refractivity contribution in [1.82, 2.24) is 14.9 Å². The van der Waals surface area contributed by atoms with Crippen molar-refractivity contribution in [3.8, 4) is 0 Å². The molecule has 0 radical (unpaired) electrons. The molecule has 2 aromatic rings. The van der Waals surface area contributed by atoms with E-state index in [-0.39, 0.29) is 5.41 Å². The molecule has 4 rings (SSSR count). The molecular formula is C15H18BrN3. The second kappa shape index (κ2) is 4.06. The highest BCUT2D eigenvalue weighted by molar-refractivity contribution is 9.10. The van der Waals surface area contributed by atoms with Crippen LogP contribution < -0.4 is 5.32 Å². The van der Waals surface area contributed by atoms with E-state index in [1.165, 1.54) is 30.6 Å². The van der Waals surface area contributed by atoms with Gasteiger partial charge in [-0.3, -0.25) is 0 Å². The van der Waals surface area contributed by atoms with Crippen LogP contribution in [0.3, 0.4) is 0 Å². The van der Waals surface area contributed by atoms with Gasteiger partial charge in [0, 0.05) is 22.5 Å². The number of benzene rings is 1. The molecule has 1 aromatic carbocycles. The fourth-order valence-corrected chi connectivity index (χ4v) is 3.56. The third kappa shape index (κ3) is 1.84. The summed E-state index contributed by atoms with van der Waals surface area (Å²) < 4.78 is 3.62. The first-order chi connectivity index (χ1) is 9.17. The van der Waals surface area contributed by atoms with Crippen molar-refractivity contribution in [1.29, 1.82) is 0 Å². The van der Waals surface area contributed by atoms with Crippen molar-refractivity contribution in [2.24, 2.45) is 0 Å². The predicted molar refractivity (Wildman–Crippen MR) is 80.5 cm³/mol. The van der Waals surface area contributed by atoms with Crippen LogP contribution in [-0.4, -0.2) is 22.6 Å². The van der Waals surface area contributed by atoms with Gasteiger partial charge in [-0.2, -0.15) is 0 Å². The lowest BCUT2D eigenvalue weighted by molar-refractivity contribution is 0.462. The largest absolute Gasteiger partial charge is 0.324 e. The highest BCUT2D eigenvalue weighted by atomic mass is 79.9. The normalized spacial score (nSPS) is 27.3. The molecule has 1 N–H and O–H groups in total. The lowest BCUT2D eigenvalue weighted by Crippen LogP contribution is -2.29. The van der Waals surface area contributed by atoms with Gasteiger partial charge in [0.15, 0.2) is 0 Å². The molecule has 1 saturated carbocycles. The van der Waals surface area contributed by atoms with Crippen LogP contribution in [0.1, 0.15) is 38.1 Å². The first kappa shape index (κ1) is 11.9. The molecule has 0 spiro atoms. The van der Waals surface area contributed by atoms with E-state index in [9.17, 15) is 0 Å². The van der Waals surface area contributed by atoms with Gasteiger partial charge in [0.25, 0.3) is 0 Å². The van der Waals surface area contributed by atoms with E-state index in [0.29, 0.717) is 6.04 Å². The lowest BCUT2D eigenvalue weighted by atomic mass is 9.88. The minimum atomic E-state index is 0.189. The molecule has 1 aliphatic heterocycles. The number of hydrogen-bond donors (Lipinski definition) is 1. The molecule has 1 aliphatic carbocycles. The molecule has 1 aromatic heterocycles. The summed E-state index contributed by atoms with van der Waals surface area (Å²) in [5.74, 6) is 1.29. The maximum atomic E-state index is 4.98. The third-order valence-corrected chi connectivity index (χ3v) is 4.97. The van der Waals surface area contributed by atoms with Crippen LogP contribution in [0, 0.1) is 0 Å². The molecule has 2 heterocycles. The maximum Gasteiger partial charge on any atom is 0.117 e. The van der Waals surface area contributed by atoms with E-state index in [4.69, 9.17) is 4.98 Å². The summed E-state index contributed by atoms with van der Waals surface area (Å²) in [6, 6.07) is 7.16. The molecule has 0 amide bonds. The number of fused-ring (bicyclic) bond motifs is 1. The fourth-order valence-electron chi connectivity index (χ4n) is 3.21. The topological polar surface area (TPSA) is 29.9 Å². The smallest absolute Gasteiger partial charge is 0.117 e. The highest BCUT2D eigenvalue weighted by Gasteiger charge is 2.39. The van der Waals surface area contributed by atoms with Crippen LogP contribution in [0.2, 0.25) is 0 Å². The Balaban J connectivity index is 1.96. The number of hydrogen-bond acceptors (Lipinski definition) is 2. The first-order valence-electron chi connectivity index (χ1n) is 7.06. The molecule has 4 heteroatoms. The fraction of sp³-hybridized carbons (Fsp3) is 0.533. The monoisotopic (exact) mass is 319 g/mol. The molecule has 2 aliphatic rings. The Kier molecular flexibility index (Phi) is 2.55. The zero-order chi connectivity index (χ0) is 13.0. The highest BCUT2D eigenvalue weighted by Crippen LogP contribution is 2.43. The zero-order valence-corrected chi connectivity index (χ0v) is 12.7. The van der Waals surface area contributed by atoms with E-state index in [2.05, 4.69) is 50.9 Å². The van der Waals surface area contributed by atoms with Crippen molar-refractivity contribution < 1.29 is 0 Å². The molecule has 0 bridgehead atoms. The Morgan fingerprint density at radius 1 is 1.42 bits per heavy atom. The Labute approximate surface area is 121 Å². The summed E-state index contributed by atoms with van der Waals surface area (Å²) >= 11 is 3.55. The Morgan fingerprint density at radius 3 is 2.95 bits per heavy atom. The van der Waals surface area contributed by atoms with Gasteiger partial charge in [-0.15, -0.1) is 0 Å². The predicted octanol–water partition coefficient (Wildman–Crippen LogP) is 3.38. The van der Waals surface area contributed by atoms with Gasteiger partial charge in [0.2, 0.25) is 0 Å². The molecular weight excluding hydrogens is 302 g/mol. The molecule has 19 heavy (non-hydrogen) atoms. The molecule has 100 valence electrons. The third-order valence-electron chi connectivity index (χ3n) is 4.47. The van der Waals surface area contributed by atoms with E-state index in [1.807, 2.05) is 0 Å². The van der Waals surface area contributed by atoms with Crippen molar-refractivity contribution in [2.45, 2.75) is 37.6 Å². The Morgan fingerprint density at radius 2 is 2.26 bits per heavy atom. The van der Waals surface area contributed by atoms with Gasteiger partial charge < -0.3 is 9.88 Å². The molecule has 2 fully saturated rings. The van der Waals surface area contributed by atoms with Gasteiger partial charge in [0.05, 0.1) is 11.0 Å². The van der Waals surface area contributed by atoms with Crippen LogP contribution in [0.25, 0.3) is 11.0 Å². The van der Waals surface area contributed by atoms with Crippen molar-refractivity contribution in [3.05, 3.63) is 28.5 Å². The second-order valence-electron chi connectivity index (χ2n) is 6.16. The minimum absolute atomic E-state index is 0.189. The van der Waals surface area contributed by atoms with Crippen LogP contribution in [-0.2, 0) is 5.41 Å². The first-order valence-corrected chi connectivity index (χ1v) is 7.85. The van der Waals surface area contributed by atoms with E-state index in [0.717, 1.165) is 23.1 Å². The Bertz CT molecular complexity index is 636. The average molecular weight is 320 g/mol. The van der Waals surface area contributed by atoms with Gasteiger partial charge in [-0.05, 0) is 44.0 Å². The number of nitrogens with one attached hydrogen (secondary N) is 1. The maximum absolute atomic E-state index is 4.98. The molecule has 1 unspecified atom stereocenters. The van der Waals surface area contributed by atoms with Crippen LogP contribution in [0.4, 0.5) is 0 Å². The van der Waals surface area contributed by atoms with Gasteiger partial charge in [-0.25, -0.2) is 4.98 Å². The van der Waals surface area contributed by atoms with E-state index < -0.39 is 0 Å². The van der Waals surface area contributed by atoms with Gasteiger partial charge in [0.1, 0.15) is 5.82 Å². The summed E-state index contributed by atoms with van der Waals surface area (Å²) in [6.45, 7) is 4.50. The van der Waals surface area contributed by atoms with Crippen LogP contribution in [0.15, 0.2) is 22.7 Å². The lowest BCUT2D eigenvalue weighted by Gasteiger charge is -2.23. The number of aromatic nitrogens is 2. The zero-order valence-electron chi connectivity index (χ0n) is 11.1. The quantitative estimate of drug-likeness (QED) is 0.919. The van der Waals surface area contributed by atoms with Crippen LogP contribution >= 0.6 is 15.9 Å². The summed E-state index contributed by atoms with van der Waals surface area (Å²) in [6.07, 6.45) is 3.79. The summed E-state index contributed by atoms with van der Waals surface area (Å²) in [5, 5.41) is 3.49. The van der Waals surface area contributed by atoms with Crippen LogP contribution in [0.5, 0.6) is 0 Å². The Hall–Kier alpha value is -0.870. The standard InChI is InChI=1S/C15H18BrN3/c1-15(6-7-17-9-15)14-18-12-8-10(16)2-5-13(12)19(14)11-3-4-11/h2,5,8,11,17H,3-4,6-7,9H2,1H3. The average Bonchev–Trinajstić information content (AvgIpc) is 3.01. The minimum Gasteiger partial charge on any atom is -0.324 e. The number of halogens is 1. The van der Waals surface area contributed by atoms with Gasteiger partial charge in [-0.1, -0.05) is 22.9 Å². The summed E-state index contributed by atoms with van der Waals surface area (Å²) in [5.41, 5.74) is 2.62. The van der Waals surface area contributed by atoms with E-state index >= 15 is 0 Å². The molecule has 1 saturated heterocycles. The van der Waals surface area contributed by atoms with Crippen molar-refractivity contribution >= 4 is 27.0 Å². The summed E-state index contributed by atoms with van der Waals surface area (Å²) in [4.78, 5) is 4.98. The number of nitrogens with zero attached hydrogens (tertiary/aromatic N) is 2. The second-order valence-corrected chi connectivity index (χ2v) is 7.07. The molecule has 3 nitrogen and oxygen atoms in total. The summed E-state index contributed by atoms with van der Waals surface area (Å²) in [7, 11) is 0. The van der Waals surface area contributed by atoms with E-state index in [1.54, 1.807) is 0 Å². The molecule has 1 atom stereocenters. The van der Waals surface area contributed by atoms with Gasteiger partial charge >= 0.3 is 0 Å². The number of imidazole rings is 1. The number of rotatable bonds is 2.